The lowest BCUT2D eigenvalue weighted by Crippen LogP contribution is -2.44. The quantitative estimate of drug-likeness (QED) is 0.520. The number of hydrogen-bond donors (Lipinski definition) is 1. The minimum Gasteiger partial charge on any atom is -0.377 e. The van der Waals surface area contributed by atoms with Crippen molar-refractivity contribution in [3.05, 3.63) is 23.8 Å². The van der Waals surface area contributed by atoms with Crippen molar-refractivity contribution >= 4 is 23.2 Å². The smallest absolute Gasteiger partial charge is 0.227 e. The summed E-state index contributed by atoms with van der Waals surface area (Å²) >= 11 is 0. The second-order valence-corrected chi connectivity index (χ2v) is 9.67. The van der Waals surface area contributed by atoms with Crippen LogP contribution in [0.15, 0.2) is 18.2 Å². The standard InChI is InChI=1S/C26H43N3O2/c1-8-20(9-2)26(31)29(19(5)18(3)4)17-22-16-23(14-15-24(22)28(6)7)27-25(30)21-12-10-11-13-21/h14-16,18-21H,8-13,17H2,1-7H3,(H,27,30)/t19-/m1/s1. The predicted molar refractivity (Wildman–Crippen MR) is 130 cm³/mol. The third kappa shape index (κ3) is 6.47. The van der Waals surface area contributed by atoms with Crippen molar-refractivity contribution in [2.45, 2.75) is 85.7 Å². The van der Waals surface area contributed by atoms with Gasteiger partial charge in [0.15, 0.2) is 0 Å². The summed E-state index contributed by atoms with van der Waals surface area (Å²) in [5.74, 6) is 0.907. The number of rotatable bonds is 10. The van der Waals surface area contributed by atoms with E-state index in [0.717, 1.165) is 55.5 Å². The summed E-state index contributed by atoms with van der Waals surface area (Å²) in [6.45, 7) is 11.2. The van der Waals surface area contributed by atoms with Crippen LogP contribution in [0.3, 0.4) is 0 Å². The maximum absolute atomic E-state index is 13.4. The number of benzene rings is 1. The van der Waals surface area contributed by atoms with Gasteiger partial charge >= 0.3 is 0 Å². The normalized spacial score (nSPS) is 15.4. The van der Waals surface area contributed by atoms with E-state index in [2.05, 4.69) is 57.0 Å². The zero-order valence-electron chi connectivity index (χ0n) is 20.7. The summed E-state index contributed by atoms with van der Waals surface area (Å²) in [4.78, 5) is 30.2. The number of carbonyl (C=O) groups excluding carboxylic acids is 2. The van der Waals surface area contributed by atoms with Gasteiger partial charge in [0.25, 0.3) is 0 Å². The Balaban J connectivity index is 2.34. The largest absolute Gasteiger partial charge is 0.377 e. The molecule has 2 amide bonds. The highest BCUT2D eigenvalue weighted by Crippen LogP contribution is 2.30. The van der Waals surface area contributed by atoms with Crippen molar-refractivity contribution in [3.63, 3.8) is 0 Å². The monoisotopic (exact) mass is 429 g/mol. The molecule has 0 heterocycles. The van der Waals surface area contributed by atoms with Gasteiger partial charge in [0.05, 0.1) is 0 Å². The van der Waals surface area contributed by atoms with Crippen LogP contribution in [0.1, 0.15) is 78.7 Å². The fourth-order valence-corrected chi connectivity index (χ4v) is 4.50. The highest BCUT2D eigenvalue weighted by Gasteiger charge is 2.28. The number of nitrogens with zero attached hydrogens (tertiary/aromatic N) is 2. The Kier molecular flexibility index (Phi) is 9.39. The second kappa shape index (κ2) is 11.5. The molecule has 1 fully saturated rings. The van der Waals surface area contributed by atoms with Crippen LogP contribution in [0.2, 0.25) is 0 Å². The fourth-order valence-electron chi connectivity index (χ4n) is 4.50. The van der Waals surface area contributed by atoms with E-state index in [4.69, 9.17) is 0 Å². The molecule has 174 valence electrons. The lowest BCUT2D eigenvalue weighted by atomic mass is 9.96. The number of anilines is 2. The van der Waals surface area contributed by atoms with Crippen LogP contribution in [0.4, 0.5) is 11.4 Å². The number of carbonyl (C=O) groups is 2. The molecule has 5 nitrogen and oxygen atoms in total. The summed E-state index contributed by atoms with van der Waals surface area (Å²) in [6, 6.07) is 6.23. The number of hydrogen-bond acceptors (Lipinski definition) is 3. The molecular weight excluding hydrogens is 386 g/mol. The number of nitrogens with one attached hydrogen (secondary N) is 1. The maximum atomic E-state index is 13.4. The molecule has 0 radical (unpaired) electrons. The molecule has 1 aromatic carbocycles. The third-order valence-electron chi connectivity index (χ3n) is 6.97. The van der Waals surface area contributed by atoms with Gasteiger partial charge in [-0.15, -0.1) is 0 Å². The molecule has 1 aromatic rings. The minimum absolute atomic E-state index is 0.0502. The first-order valence-corrected chi connectivity index (χ1v) is 12.1. The van der Waals surface area contributed by atoms with Gasteiger partial charge in [-0.1, -0.05) is 40.5 Å². The summed E-state index contributed by atoms with van der Waals surface area (Å²) in [5, 5.41) is 3.13. The Bertz CT molecular complexity index is 734. The zero-order chi connectivity index (χ0) is 23.1. The van der Waals surface area contributed by atoms with Gasteiger partial charge in [0, 0.05) is 49.9 Å². The van der Waals surface area contributed by atoms with Crippen LogP contribution in [0, 0.1) is 17.8 Å². The average molecular weight is 430 g/mol. The molecule has 0 bridgehead atoms. The molecule has 1 saturated carbocycles. The van der Waals surface area contributed by atoms with E-state index in [1.807, 2.05) is 25.1 Å². The molecule has 0 saturated heterocycles. The highest BCUT2D eigenvalue weighted by molar-refractivity contribution is 5.93. The van der Waals surface area contributed by atoms with Gasteiger partial charge in [-0.3, -0.25) is 9.59 Å². The molecule has 0 unspecified atom stereocenters. The predicted octanol–water partition coefficient (Wildman–Crippen LogP) is 5.69. The van der Waals surface area contributed by atoms with Gasteiger partial charge in [0.2, 0.25) is 11.8 Å². The summed E-state index contributed by atoms with van der Waals surface area (Å²) < 4.78 is 0. The van der Waals surface area contributed by atoms with Crippen LogP contribution in [0.5, 0.6) is 0 Å². The fraction of sp³-hybridized carbons (Fsp3) is 0.692. The van der Waals surface area contributed by atoms with Crippen molar-refractivity contribution in [3.8, 4) is 0 Å². The number of amides is 2. The van der Waals surface area contributed by atoms with E-state index in [-0.39, 0.29) is 29.7 Å². The SMILES string of the molecule is CCC(CC)C(=O)N(Cc1cc(NC(=O)C2CCCC2)ccc1N(C)C)[C@H](C)C(C)C. The van der Waals surface area contributed by atoms with Crippen LogP contribution in [-0.2, 0) is 16.1 Å². The molecule has 5 heteroatoms. The van der Waals surface area contributed by atoms with Gasteiger partial charge < -0.3 is 15.1 Å². The Morgan fingerprint density at radius 1 is 1.06 bits per heavy atom. The zero-order valence-corrected chi connectivity index (χ0v) is 20.7. The van der Waals surface area contributed by atoms with E-state index in [1.165, 1.54) is 0 Å². The molecule has 1 N–H and O–H groups in total. The first kappa shape index (κ1) is 25.2. The molecule has 1 aliphatic rings. The van der Waals surface area contributed by atoms with Crippen LogP contribution >= 0.6 is 0 Å². The van der Waals surface area contributed by atoms with Crippen molar-refractivity contribution in [1.82, 2.24) is 4.90 Å². The Morgan fingerprint density at radius 3 is 2.19 bits per heavy atom. The van der Waals surface area contributed by atoms with Crippen LogP contribution in [-0.4, -0.2) is 36.9 Å². The molecule has 0 aromatic heterocycles. The Morgan fingerprint density at radius 2 is 1.68 bits per heavy atom. The van der Waals surface area contributed by atoms with Gasteiger partial charge in [-0.05, 0) is 62.3 Å². The van der Waals surface area contributed by atoms with Crippen LogP contribution < -0.4 is 10.2 Å². The highest BCUT2D eigenvalue weighted by atomic mass is 16.2. The second-order valence-electron chi connectivity index (χ2n) is 9.67. The molecular formula is C26H43N3O2. The maximum Gasteiger partial charge on any atom is 0.227 e. The van der Waals surface area contributed by atoms with Crippen LogP contribution in [0.25, 0.3) is 0 Å². The molecule has 0 spiro atoms. The lowest BCUT2D eigenvalue weighted by Gasteiger charge is -2.35. The van der Waals surface area contributed by atoms with E-state index in [9.17, 15) is 9.59 Å². The molecule has 1 atom stereocenters. The summed E-state index contributed by atoms with van der Waals surface area (Å²) in [7, 11) is 4.04. The molecule has 31 heavy (non-hydrogen) atoms. The lowest BCUT2D eigenvalue weighted by molar-refractivity contribution is -0.139. The first-order valence-electron chi connectivity index (χ1n) is 12.1. The molecule has 0 aliphatic heterocycles. The van der Waals surface area contributed by atoms with E-state index in [0.29, 0.717) is 12.5 Å². The summed E-state index contributed by atoms with van der Waals surface area (Å²) in [6.07, 6.45) is 5.96. The average Bonchev–Trinajstić information content (AvgIpc) is 3.27. The molecule has 2 rings (SSSR count). The topological polar surface area (TPSA) is 52.7 Å². The van der Waals surface area contributed by atoms with E-state index in [1.54, 1.807) is 0 Å². The van der Waals surface area contributed by atoms with Gasteiger partial charge in [-0.25, -0.2) is 0 Å². The minimum atomic E-state index is 0.0502. The Hall–Kier alpha value is -2.04. The Labute approximate surface area is 189 Å². The third-order valence-corrected chi connectivity index (χ3v) is 6.97. The van der Waals surface area contributed by atoms with E-state index < -0.39 is 0 Å². The summed E-state index contributed by atoms with van der Waals surface area (Å²) in [5.41, 5.74) is 2.97. The van der Waals surface area contributed by atoms with Gasteiger partial charge in [0.1, 0.15) is 0 Å². The van der Waals surface area contributed by atoms with Crippen molar-refractivity contribution in [1.29, 1.82) is 0 Å². The first-order chi connectivity index (χ1) is 14.7. The van der Waals surface area contributed by atoms with Gasteiger partial charge in [-0.2, -0.15) is 0 Å². The van der Waals surface area contributed by atoms with Crippen molar-refractivity contribution in [2.75, 3.05) is 24.3 Å². The van der Waals surface area contributed by atoms with Crippen molar-refractivity contribution < 1.29 is 9.59 Å². The molecule has 1 aliphatic carbocycles. The van der Waals surface area contributed by atoms with E-state index >= 15 is 0 Å². The van der Waals surface area contributed by atoms with Crippen molar-refractivity contribution in [2.24, 2.45) is 17.8 Å².